The first-order chi connectivity index (χ1) is 5.11. The van der Waals surface area contributed by atoms with Crippen LogP contribution in [0, 0.1) is 5.82 Å². The van der Waals surface area contributed by atoms with Crippen LogP contribution in [0.3, 0.4) is 0 Å². The molecule has 0 unspecified atom stereocenters. The Morgan fingerprint density at radius 1 is 1.45 bits per heavy atom. The van der Waals surface area contributed by atoms with Gasteiger partial charge in [0.1, 0.15) is 0 Å². The van der Waals surface area contributed by atoms with Crippen LogP contribution in [0.15, 0.2) is 12.1 Å². The molecule has 0 aliphatic carbocycles. The largest absolute Gasteiger partial charge is 0.363 e. The molecule has 1 aromatic heterocycles. The van der Waals surface area contributed by atoms with Crippen molar-refractivity contribution in [3.05, 3.63) is 28.8 Å². The predicted molar refractivity (Wildman–Crippen MR) is 36.4 cm³/mol. The van der Waals surface area contributed by atoms with Crippen LogP contribution in [0.4, 0.5) is 4.39 Å². The lowest BCUT2D eigenvalue weighted by Gasteiger charge is -2.01. The van der Waals surface area contributed by atoms with Gasteiger partial charge in [-0.05, 0) is 12.1 Å². The maximum Gasteiger partial charge on any atom is 0.196 e. The molecule has 11 heavy (non-hydrogen) atoms. The van der Waals surface area contributed by atoms with Crippen LogP contribution in [0.1, 0.15) is 12.0 Å². The maximum atomic E-state index is 12.4. The number of halogens is 2. The van der Waals surface area contributed by atoms with E-state index in [1.54, 1.807) is 0 Å². The smallest absolute Gasteiger partial charge is 0.196 e. The number of nitrogens with zero attached hydrogens (tertiary/aromatic N) is 1. The SMILES string of the molecule is OC(O)c1ccc(F)c(Cl)n1. The zero-order valence-corrected chi connectivity index (χ0v) is 6.09. The van der Waals surface area contributed by atoms with E-state index in [9.17, 15) is 4.39 Å². The molecule has 1 heterocycles. The number of pyridine rings is 1. The van der Waals surface area contributed by atoms with E-state index in [-0.39, 0.29) is 10.8 Å². The number of aliphatic hydroxyl groups is 2. The molecule has 0 spiro atoms. The number of aromatic nitrogens is 1. The Morgan fingerprint density at radius 3 is 2.55 bits per heavy atom. The van der Waals surface area contributed by atoms with Crippen LogP contribution in [0.25, 0.3) is 0 Å². The van der Waals surface area contributed by atoms with Gasteiger partial charge < -0.3 is 10.2 Å². The molecule has 0 radical (unpaired) electrons. The molecule has 1 aromatic rings. The van der Waals surface area contributed by atoms with Crippen LogP contribution < -0.4 is 0 Å². The monoisotopic (exact) mass is 177 g/mol. The molecule has 0 bridgehead atoms. The third kappa shape index (κ3) is 1.86. The normalized spacial score (nSPS) is 10.6. The molecule has 0 atom stereocenters. The van der Waals surface area contributed by atoms with Gasteiger partial charge in [0.05, 0.1) is 5.69 Å². The second-order valence-corrected chi connectivity index (χ2v) is 2.24. The van der Waals surface area contributed by atoms with Crippen LogP contribution >= 0.6 is 11.6 Å². The molecule has 0 aliphatic heterocycles. The van der Waals surface area contributed by atoms with Gasteiger partial charge in [-0.3, -0.25) is 0 Å². The summed E-state index contributed by atoms with van der Waals surface area (Å²) in [4.78, 5) is 3.36. The highest BCUT2D eigenvalue weighted by Crippen LogP contribution is 2.14. The van der Waals surface area contributed by atoms with Gasteiger partial charge in [0.15, 0.2) is 17.3 Å². The molecule has 0 saturated carbocycles. The molecule has 0 saturated heterocycles. The van der Waals surface area contributed by atoms with Gasteiger partial charge in [0.25, 0.3) is 0 Å². The summed E-state index contributed by atoms with van der Waals surface area (Å²) in [5.74, 6) is -0.684. The minimum Gasteiger partial charge on any atom is -0.363 e. The van der Waals surface area contributed by atoms with Gasteiger partial charge in [-0.15, -0.1) is 0 Å². The van der Waals surface area contributed by atoms with Crippen molar-refractivity contribution in [3.8, 4) is 0 Å². The second-order valence-electron chi connectivity index (χ2n) is 1.88. The molecular formula is C6H5ClFNO2. The van der Waals surface area contributed by atoms with E-state index in [0.717, 1.165) is 12.1 Å². The molecule has 5 heteroatoms. The molecule has 0 amide bonds. The Hall–Kier alpha value is -0.710. The summed E-state index contributed by atoms with van der Waals surface area (Å²) in [6.07, 6.45) is -1.71. The summed E-state index contributed by atoms with van der Waals surface area (Å²) in [5, 5.41) is 16.7. The van der Waals surface area contributed by atoms with Crippen LogP contribution in [0.2, 0.25) is 5.15 Å². The second kappa shape index (κ2) is 3.13. The van der Waals surface area contributed by atoms with Crippen LogP contribution in [-0.4, -0.2) is 15.2 Å². The standard InChI is InChI=1S/C6H5ClFNO2/c7-5-3(8)1-2-4(9-5)6(10)11/h1-2,6,10-11H. The third-order valence-electron chi connectivity index (χ3n) is 1.09. The number of hydrogen-bond donors (Lipinski definition) is 2. The molecule has 0 fully saturated rings. The highest BCUT2D eigenvalue weighted by molar-refractivity contribution is 6.29. The quantitative estimate of drug-likeness (QED) is 0.494. The van der Waals surface area contributed by atoms with E-state index >= 15 is 0 Å². The highest BCUT2D eigenvalue weighted by atomic mass is 35.5. The third-order valence-corrected chi connectivity index (χ3v) is 1.35. The average molecular weight is 178 g/mol. The van der Waals surface area contributed by atoms with Gasteiger partial charge in [0, 0.05) is 0 Å². The van der Waals surface area contributed by atoms with Gasteiger partial charge in [-0.1, -0.05) is 11.6 Å². The van der Waals surface area contributed by atoms with Crippen molar-refractivity contribution < 1.29 is 14.6 Å². The Kier molecular flexibility index (Phi) is 2.38. The fourth-order valence-electron chi connectivity index (χ4n) is 0.575. The lowest BCUT2D eigenvalue weighted by Crippen LogP contribution is -1.99. The first-order valence-electron chi connectivity index (χ1n) is 2.79. The number of hydrogen-bond acceptors (Lipinski definition) is 3. The van der Waals surface area contributed by atoms with Crippen LogP contribution in [0.5, 0.6) is 0 Å². The van der Waals surface area contributed by atoms with Crippen molar-refractivity contribution >= 4 is 11.6 Å². The molecule has 1 rings (SSSR count). The summed E-state index contributed by atoms with van der Waals surface area (Å²) >= 11 is 5.25. The topological polar surface area (TPSA) is 53.4 Å². The van der Waals surface area contributed by atoms with E-state index in [2.05, 4.69) is 4.98 Å². The fraction of sp³-hybridized carbons (Fsp3) is 0.167. The Bertz CT molecular complexity index is 267. The van der Waals surface area contributed by atoms with Crippen molar-refractivity contribution in [2.45, 2.75) is 6.29 Å². The summed E-state index contributed by atoms with van der Waals surface area (Å²) in [7, 11) is 0. The van der Waals surface area contributed by atoms with E-state index < -0.39 is 12.1 Å². The van der Waals surface area contributed by atoms with Crippen molar-refractivity contribution in [1.82, 2.24) is 4.98 Å². The predicted octanol–water partition coefficient (Wildman–Crippen LogP) is 0.857. The van der Waals surface area contributed by atoms with Crippen molar-refractivity contribution in [1.29, 1.82) is 0 Å². The van der Waals surface area contributed by atoms with Gasteiger partial charge in [-0.2, -0.15) is 0 Å². The van der Waals surface area contributed by atoms with E-state index in [1.807, 2.05) is 0 Å². The Labute approximate surface area is 67.1 Å². The minimum atomic E-state index is -1.71. The van der Waals surface area contributed by atoms with E-state index in [4.69, 9.17) is 21.8 Å². The lowest BCUT2D eigenvalue weighted by atomic mass is 10.3. The summed E-state index contributed by atoms with van der Waals surface area (Å²) in [6, 6.07) is 2.16. The molecule has 0 aliphatic rings. The first kappa shape index (κ1) is 8.39. The van der Waals surface area contributed by atoms with Gasteiger partial charge in [0.2, 0.25) is 0 Å². The molecule has 3 nitrogen and oxygen atoms in total. The highest BCUT2D eigenvalue weighted by Gasteiger charge is 2.07. The Morgan fingerprint density at radius 2 is 2.09 bits per heavy atom. The maximum absolute atomic E-state index is 12.4. The molecule has 60 valence electrons. The summed E-state index contributed by atoms with van der Waals surface area (Å²) in [5.41, 5.74) is -0.0728. The molecular weight excluding hydrogens is 173 g/mol. The fourth-order valence-corrected chi connectivity index (χ4v) is 0.736. The Balaban J connectivity index is 3.05. The van der Waals surface area contributed by atoms with Crippen LogP contribution in [-0.2, 0) is 0 Å². The van der Waals surface area contributed by atoms with Crippen molar-refractivity contribution in [2.75, 3.05) is 0 Å². The zero-order valence-electron chi connectivity index (χ0n) is 5.33. The van der Waals surface area contributed by atoms with E-state index in [0.29, 0.717) is 0 Å². The number of rotatable bonds is 1. The molecule has 0 aromatic carbocycles. The summed E-state index contributed by atoms with van der Waals surface area (Å²) < 4.78 is 12.4. The molecule has 2 N–H and O–H groups in total. The van der Waals surface area contributed by atoms with Gasteiger partial charge in [-0.25, -0.2) is 9.37 Å². The van der Waals surface area contributed by atoms with E-state index in [1.165, 1.54) is 0 Å². The first-order valence-corrected chi connectivity index (χ1v) is 3.17. The average Bonchev–Trinajstić information content (AvgIpc) is 1.94. The zero-order chi connectivity index (χ0) is 8.43. The minimum absolute atomic E-state index is 0.0728. The lowest BCUT2D eigenvalue weighted by molar-refractivity contribution is -0.0458. The van der Waals surface area contributed by atoms with Gasteiger partial charge >= 0.3 is 0 Å². The summed E-state index contributed by atoms with van der Waals surface area (Å²) in [6.45, 7) is 0. The number of aliphatic hydroxyl groups excluding tert-OH is 1. The van der Waals surface area contributed by atoms with Crippen molar-refractivity contribution in [2.24, 2.45) is 0 Å². The van der Waals surface area contributed by atoms with Crippen molar-refractivity contribution in [3.63, 3.8) is 0 Å².